The highest BCUT2D eigenvalue weighted by molar-refractivity contribution is 5.84. The fraction of sp³-hybridized carbons (Fsp3) is 0.591. The monoisotopic (exact) mass is 386 g/mol. The predicted molar refractivity (Wildman–Crippen MR) is 108 cm³/mol. The van der Waals surface area contributed by atoms with E-state index in [0.717, 1.165) is 55.9 Å². The number of amides is 1. The summed E-state index contributed by atoms with van der Waals surface area (Å²) in [6.07, 6.45) is 4.47. The molecule has 2 aliphatic rings. The van der Waals surface area contributed by atoms with Gasteiger partial charge in [0, 0.05) is 42.5 Å². The molecule has 1 aromatic carbocycles. The maximum absolute atomic E-state index is 12.3. The molecule has 1 aliphatic carbocycles. The lowest BCUT2D eigenvalue weighted by molar-refractivity contribution is -0.123. The molecule has 0 radical (unpaired) electrons. The van der Waals surface area contributed by atoms with Crippen molar-refractivity contribution in [3.8, 4) is 5.75 Å². The Bertz CT molecular complexity index is 836. The molecular formula is C22H30N2O4. The first-order valence-corrected chi connectivity index (χ1v) is 10.3. The third-order valence-electron chi connectivity index (χ3n) is 5.88. The van der Waals surface area contributed by atoms with E-state index >= 15 is 0 Å². The van der Waals surface area contributed by atoms with Gasteiger partial charge in [-0.1, -0.05) is 0 Å². The lowest BCUT2D eigenvalue weighted by Crippen LogP contribution is -2.55. The second-order valence-corrected chi connectivity index (χ2v) is 8.35. The van der Waals surface area contributed by atoms with Crippen molar-refractivity contribution < 1.29 is 18.7 Å². The minimum Gasteiger partial charge on any atom is -0.484 e. The first-order valence-electron chi connectivity index (χ1n) is 10.3. The van der Waals surface area contributed by atoms with Gasteiger partial charge >= 0.3 is 0 Å². The fourth-order valence-corrected chi connectivity index (χ4v) is 4.13. The molecule has 0 atom stereocenters. The molecule has 0 bridgehead atoms. The first-order chi connectivity index (χ1) is 13.5. The van der Waals surface area contributed by atoms with Crippen LogP contribution in [0.25, 0.3) is 11.0 Å². The molecule has 1 amide bonds. The molecule has 0 spiro atoms. The Morgan fingerprint density at radius 3 is 2.82 bits per heavy atom. The quantitative estimate of drug-likeness (QED) is 0.827. The highest BCUT2D eigenvalue weighted by Crippen LogP contribution is 2.33. The average molecular weight is 386 g/mol. The van der Waals surface area contributed by atoms with E-state index in [1.165, 1.54) is 18.4 Å². The van der Waals surface area contributed by atoms with Gasteiger partial charge in [-0.2, -0.15) is 0 Å². The van der Waals surface area contributed by atoms with Crippen LogP contribution in [0.5, 0.6) is 5.75 Å². The van der Waals surface area contributed by atoms with E-state index in [2.05, 4.69) is 24.1 Å². The summed E-state index contributed by atoms with van der Waals surface area (Å²) in [5.41, 5.74) is 2.12. The molecule has 0 unspecified atom stereocenters. The largest absolute Gasteiger partial charge is 0.484 e. The number of ether oxygens (including phenoxy) is 2. The maximum atomic E-state index is 12.3. The van der Waals surface area contributed by atoms with E-state index in [-0.39, 0.29) is 18.1 Å². The van der Waals surface area contributed by atoms with Crippen molar-refractivity contribution in [2.24, 2.45) is 0 Å². The van der Waals surface area contributed by atoms with Crippen LogP contribution in [0.1, 0.15) is 38.0 Å². The van der Waals surface area contributed by atoms with Gasteiger partial charge in [0.15, 0.2) is 6.61 Å². The Morgan fingerprint density at radius 1 is 1.21 bits per heavy atom. The molecule has 1 saturated heterocycles. The summed E-state index contributed by atoms with van der Waals surface area (Å²) in [7, 11) is 0. The molecule has 4 rings (SSSR count). The van der Waals surface area contributed by atoms with Crippen LogP contribution in [0.4, 0.5) is 0 Å². The van der Waals surface area contributed by atoms with E-state index in [9.17, 15) is 4.79 Å². The van der Waals surface area contributed by atoms with E-state index < -0.39 is 0 Å². The van der Waals surface area contributed by atoms with Gasteiger partial charge in [0.05, 0.1) is 13.2 Å². The summed E-state index contributed by atoms with van der Waals surface area (Å²) >= 11 is 0. The molecule has 1 aromatic heterocycles. The second kappa shape index (κ2) is 8.13. The zero-order valence-electron chi connectivity index (χ0n) is 16.9. The topological polar surface area (TPSA) is 63.9 Å². The van der Waals surface area contributed by atoms with Crippen LogP contribution in [-0.2, 0) is 22.4 Å². The number of fused-ring (bicyclic) bond motifs is 3. The minimum absolute atomic E-state index is 0.0186. The van der Waals surface area contributed by atoms with Gasteiger partial charge in [-0.15, -0.1) is 0 Å². The van der Waals surface area contributed by atoms with Crippen LogP contribution in [-0.4, -0.2) is 55.8 Å². The van der Waals surface area contributed by atoms with Gasteiger partial charge in [-0.25, -0.2) is 0 Å². The highest BCUT2D eigenvalue weighted by atomic mass is 16.5. The molecule has 1 fully saturated rings. The molecule has 152 valence electrons. The van der Waals surface area contributed by atoms with Gasteiger partial charge in [-0.05, 0) is 51.3 Å². The van der Waals surface area contributed by atoms with Crippen LogP contribution < -0.4 is 10.1 Å². The molecule has 2 aromatic rings. The van der Waals surface area contributed by atoms with Gasteiger partial charge < -0.3 is 19.2 Å². The maximum Gasteiger partial charge on any atom is 0.258 e. The van der Waals surface area contributed by atoms with Crippen LogP contribution in [0.2, 0.25) is 0 Å². The van der Waals surface area contributed by atoms with Gasteiger partial charge in [0.2, 0.25) is 0 Å². The lowest BCUT2D eigenvalue weighted by atomic mass is 9.96. The Balaban J connectivity index is 1.32. The number of benzene rings is 1. The molecule has 1 N–H and O–H groups in total. The standard InChI is InChI=1S/C22H30N2O4/c1-22(2,24-9-11-26-12-10-24)15-23-21(25)14-27-16-7-8-20-18(13-16)17-5-3-4-6-19(17)28-20/h7-8,13H,3-6,9-12,14-15H2,1-2H3,(H,23,25). The Kier molecular flexibility index (Phi) is 5.60. The highest BCUT2D eigenvalue weighted by Gasteiger charge is 2.28. The molecule has 6 heteroatoms. The second-order valence-electron chi connectivity index (χ2n) is 8.35. The summed E-state index contributed by atoms with van der Waals surface area (Å²) in [6, 6.07) is 5.83. The number of rotatable bonds is 6. The number of carbonyl (C=O) groups is 1. The lowest BCUT2D eigenvalue weighted by Gasteiger charge is -2.40. The number of morpholine rings is 1. The van der Waals surface area contributed by atoms with E-state index in [1.807, 2.05) is 18.2 Å². The van der Waals surface area contributed by atoms with Crippen molar-refractivity contribution >= 4 is 16.9 Å². The number of furan rings is 1. The fourth-order valence-electron chi connectivity index (χ4n) is 4.13. The first kappa shape index (κ1) is 19.3. The number of hydrogen-bond acceptors (Lipinski definition) is 5. The van der Waals surface area contributed by atoms with Crippen molar-refractivity contribution in [1.29, 1.82) is 0 Å². The molecular weight excluding hydrogens is 356 g/mol. The summed E-state index contributed by atoms with van der Waals surface area (Å²) in [6.45, 7) is 8.20. The molecule has 0 saturated carbocycles. The van der Waals surface area contributed by atoms with Crippen molar-refractivity contribution in [3.63, 3.8) is 0 Å². The third-order valence-corrected chi connectivity index (χ3v) is 5.88. The SMILES string of the molecule is CC(C)(CNC(=O)COc1ccc2oc3c(c2c1)CCCC3)N1CCOCC1. The summed E-state index contributed by atoms with van der Waals surface area (Å²) in [4.78, 5) is 14.6. The molecule has 2 heterocycles. The number of carbonyl (C=O) groups excluding carboxylic acids is 1. The molecule has 6 nitrogen and oxygen atoms in total. The zero-order chi connectivity index (χ0) is 19.6. The molecule has 1 aliphatic heterocycles. The number of hydrogen-bond donors (Lipinski definition) is 1. The number of nitrogens with zero attached hydrogens (tertiary/aromatic N) is 1. The Morgan fingerprint density at radius 2 is 2.00 bits per heavy atom. The van der Waals surface area contributed by atoms with Crippen LogP contribution >= 0.6 is 0 Å². The summed E-state index contributed by atoms with van der Waals surface area (Å²) in [5.74, 6) is 1.72. The Hall–Kier alpha value is -2.05. The van der Waals surface area contributed by atoms with Gasteiger partial charge in [0.25, 0.3) is 5.91 Å². The number of aryl methyl sites for hydroxylation is 2. The normalized spacial score (nSPS) is 18.1. The minimum atomic E-state index is -0.103. The zero-order valence-corrected chi connectivity index (χ0v) is 16.9. The van der Waals surface area contributed by atoms with E-state index in [0.29, 0.717) is 12.3 Å². The van der Waals surface area contributed by atoms with Crippen molar-refractivity contribution in [1.82, 2.24) is 10.2 Å². The predicted octanol–water partition coefficient (Wildman–Crippen LogP) is 2.92. The smallest absolute Gasteiger partial charge is 0.258 e. The van der Waals surface area contributed by atoms with Crippen LogP contribution in [0.3, 0.4) is 0 Å². The number of nitrogens with one attached hydrogen (secondary N) is 1. The summed E-state index contributed by atoms with van der Waals surface area (Å²) in [5, 5.41) is 4.13. The van der Waals surface area contributed by atoms with E-state index in [4.69, 9.17) is 13.9 Å². The Labute approximate surface area is 166 Å². The van der Waals surface area contributed by atoms with Crippen LogP contribution in [0.15, 0.2) is 22.6 Å². The third kappa shape index (κ3) is 4.18. The summed E-state index contributed by atoms with van der Waals surface area (Å²) < 4.78 is 17.1. The average Bonchev–Trinajstić information content (AvgIpc) is 3.09. The van der Waals surface area contributed by atoms with Crippen molar-refractivity contribution in [3.05, 3.63) is 29.5 Å². The van der Waals surface area contributed by atoms with Crippen molar-refractivity contribution in [2.75, 3.05) is 39.5 Å². The van der Waals surface area contributed by atoms with Crippen molar-refractivity contribution in [2.45, 2.75) is 45.1 Å². The van der Waals surface area contributed by atoms with E-state index in [1.54, 1.807) is 0 Å². The van der Waals surface area contributed by atoms with Gasteiger partial charge in [-0.3, -0.25) is 9.69 Å². The molecule has 28 heavy (non-hydrogen) atoms. The van der Waals surface area contributed by atoms with Gasteiger partial charge in [0.1, 0.15) is 17.1 Å². The van der Waals surface area contributed by atoms with Crippen LogP contribution in [0, 0.1) is 0 Å².